The minimum absolute atomic E-state index is 0.329. The summed E-state index contributed by atoms with van der Waals surface area (Å²) in [4.78, 5) is 4.31. The Morgan fingerprint density at radius 3 is 2.74 bits per heavy atom. The van der Waals surface area contributed by atoms with Crippen LogP contribution in [0.1, 0.15) is 38.2 Å². The molecular formula is C17H26BrN3OS. The van der Waals surface area contributed by atoms with Gasteiger partial charge in [-0.2, -0.15) is 0 Å². The van der Waals surface area contributed by atoms with Gasteiger partial charge in [-0.1, -0.05) is 41.4 Å². The van der Waals surface area contributed by atoms with Crippen LogP contribution in [0.2, 0.25) is 0 Å². The first kappa shape index (κ1) is 18.5. The SMILES string of the molecule is CCS(=O)C1CCCC(NC(=NC)NCc2ccc(Br)cc2)C1. The highest BCUT2D eigenvalue weighted by Crippen LogP contribution is 2.23. The van der Waals surface area contributed by atoms with Crippen molar-refractivity contribution in [1.29, 1.82) is 0 Å². The van der Waals surface area contributed by atoms with Gasteiger partial charge in [-0.3, -0.25) is 9.20 Å². The molecule has 4 nitrogen and oxygen atoms in total. The van der Waals surface area contributed by atoms with E-state index in [4.69, 9.17) is 0 Å². The molecule has 0 saturated heterocycles. The quantitative estimate of drug-likeness (QED) is 0.590. The molecule has 0 bridgehead atoms. The van der Waals surface area contributed by atoms with Crippen LogP contribution in [0.25, 0.3) is 0 Å². The normalized spacial score (nSPS) is 23.3. The van der Waals surface area contributed by atoms with Gasteiger partial charge in [0.1, 0.15) is 0 Å². The maximum atomic E-state index is 12.0. The fourth-order valence-corrected chi connectivity index (χ4v) is 4.54. The standard InChI is InChI=1S/C17H26BrN3OS/c1-3-23(22)16-6-4-5-15(11-16)21-17(19-2)20-12-13-7-9-14(18)10-8-13/h7-10,15-16H,3-6,11-12H2,1-2H3,(H2,19,20,21). The average molecular weight is 400 g/mol. The van der Waals surface area contributed by atoms with Crippen molar-refractivity contribution < 1.29 is 4.21 Å². The number of halogens is 1. The number of benzene rings is 1. The first-order chi connectivity index (χ1) is 11.1. The van der Waals surface area contributed by atoms with Crippen molar-refractivity contribution in [3.8, 4) is 0 Å². The number of aliphatic imine (C=N–C) groups is 1. The Hall–Kier alpha value is -0.880. The van der Waals surface area contributed by atoms with E-state index in [0.29, 0.717) is 11.3 Å². The Bertz CT molecular complexity index is 547. The van der Waals surface area contributed by atoms with Crippen LogP contribution in [0.15, 0.2) is 33.7 Å². The predicted octanol–water partition coefficient (Wildman–Crippen LogP) is 3.19. The van der Waals surface area contributed by atoms with Crippen LogP contribution in [-0.2, 0) is 17.3 Å². The summed E-state index contributed by atoms with van der Waals surface area (Å²) in [5.41, 5.74) is 1.21. The lowest BCUT2D eigenvalue weighted by molar-refractivity contribution is 0.413. The lowest BCUT2D eigenvalue weighted by Gasteiger charge is -2.30. The zero-order valence-corrected chi connectivity index (χ0v) is 16.3. The number of guanidine groups is 1. The van der Waals surface area contributed by atoms with Crippen molar-refractivity contribution in [2.45, 2.75) is 50.4 Å². The molecule has 0 radical (unpaired) electrons. The van der Waals surface area contributed by atoms with Crippen molar-refractivity contribution >= 4 is 32.7 Å². The first-order valence-corrected chi connectivity index (χ1v) is 10.4. The summed E-state index contributed by atoms with van der Waals surface area (Å²) in [5, 5.41) is 7.18. The first-order valence-electron chi connectivity index (χ1n) is 8.21. The zero-order valence-electron chi connectivity index (χ0n) is 13.8. The topological polar surface area (TPSA) is 53.5 Å². The summed E-state index contributed by atoms with van der Waals surface area (Å²) in [6, 6.07) is 8.62. The maximum Gasteiger partial charge on any atom is 0.191 e. The summed E-state index contributed by atoms with van der Waals surface area (Å²) >= 11 is 3.45. The van der Waals surface area contributed by atoms with E-state index in [0.717, 1.165) is 48.4 Å². The van der Waals surface area contributed by atoms with Gasteiger partial charge in [-0.15, -0.1) is 0 Å². The number of nitrogens with one attached hydrogen (secondary N) is 2. The van der Waals surface area contributed by atoms with E-state index >= 15 is 0 Å². The Kier molecular flexibility index (Phi) is 7.56. The molecule has 0 aliphatic heterocycles. The van der Waals surface area contributed by atoms with E-state index in [9.17, 15) is 4.21 Å². The van der Waals surface area contributed by atoms with E-state index in [1.54, 1.807) is 7.05 Å². The molecule has 0 amide bonds. The Balaban J connectivity index is 1.84. The molecule has 1 aromatic carbocycles. The third-order valence-corrected chi connectivity index (χ3v) is 6.49. The highest BCUT2D eigenvalue weighted by molar-refractivity contribution is 9.10. The highest BCUT2D eigenvalue weighted by Gasteiger charge is 2.25. The van der Waals surface area contributed by atoms with Gasteiger partial charge in [0.15, 0.2) is 5.96 Å². The number of hydrogen-bond acceptors (Lipinski definition) is 2. The van der Waals surface area contributed by atoms with E-state index in [2.05, 4.69) is 43.7 Å². The lowest BCUT2D eigenvalue weighted by Crippen LogP contribution is -2.46. The molecule has 1 aliphatic rings. The summed E-state index contributed by atoms with van der Waals surface area (Å²) in [5.74, 6) is 1.58. The molecule has 1 saturated carbocycles. The summed E-state index contributed by atoms with van der Waals surface area (Å²) in [6.45, 7) is 2.75. The smallest absolute Gasteiger partial charge is 0.191 e. The van der Waals surface area contributed by atoms with Crippen LogP contribution in [0, 0.1) is 0 Å². The second-order valence-electron chi connectivity index (χ2n) is 5.85. The lowest BCUT2D eigenvalue weighted by atomic mass is 9.95. The van der Waals surface area contributed by atoms with Gasteiger partial charge in [-0.05, 0) is 37.0 Å². The van der Waals surface area contributed by atoms with Crippen LogP contribution in [0.4, 0.5) is 0 Å². The largest absolute Gasteiger partial charge is 0.354 e. The predicted molar refractivity (Wildman–Crippen MR) is 102 cm³/mol. The maximum absolute atomic E-state index is 12.0. The molecule has 2 N–H and O–H groups in total. The third kappa shape index (κ3) is 5.92. The fraction of sp³-hybridized carbons (Fsp3) is 0.588. The van der Waals surface area contributed by atoms with Gasteiger partial charge in [-0.25, -0.2) is 0 Å². The van der Waals surface area contributed by atoms with Crippen molar-refractivity contribution in [2.24, 2.45) is 4.99 Å². The molecule has 3 atom stereocenters. The second kappa shape index (κ2) is 9.42. The molecule has 0 aromatic heterocycles. The third-order valence-electron chi connectivity index (χ3n) is 4.22. The molecule has 3 unspecified atom stereocenters. The molecule has 2 rings (SSSR count). The molecule has 128 valence electrons. The van der Waals surface area contributed by atoms with E-state index in [1.807, 2.05) is 19.1 Å². The van der Waals surface area contributed by atoms with Gasteiger partial charge < -0.3 is 10.6 Å². The van der Waals surface area contributed by atoms with Crippen LogP contribution in [0.5, 0.6) is 0 Å². The Labute approximate surface area is 150 Å². The molecule has 1 aliphatic carbocycles. The molecule has 6 heteroatoms. The van der Waals surface area contributed by atoms with Crippen LogP contribution in [0.3, 0.4) is 0 Å². The molecule has 0 spiro atoms. The fourth-order valence-electron chi connectivity index (χ4n) is 2.93. The van der Waals surface area contributed by atoms with Gasteiger partial charge in [0, 0.05) is 45.9 Å². The second-order valence-corrected chi connectivity index (χ2v) is 8.77. The van der Waals surface area contributed by atoms with Crippen molar-refractivity contribution in [3.05, 3.63) is 34.3 Å². The molecule has 23 heavy (non-hydrogen) atoms. The van der Waals surface area contributed by atoms with E-state index in [1.165, 1.54) is 5.56 Å². The molecule has 1 fully saturated rings. The number of hydrogen-bond donors (Lipinski definition) is 2. The summed E-state index contributed by atoms with van der Waals surface area (Å²) in [6.07, 6.45) is 4.32. The van der Waals surface area contributed by atoms with E-state index in [-0.39, 0.29) is 0 Å². The van der Waals surface area contributed by atoms with Gasteiger partial charge in [0.25, 0.3) is 0 Å². The minimum Gasteiger partial charge on any atom is -0.354 e. The number of nitrogens with zero attached hydrogens (tertiary/aromatic N) is 1. The van der Waals surface area contributed by atoms with Crippen LogP contribution in [-0.4, -0.2) is 34.3 Å². The average Bonchev–Trinajstić information content (AvgIpc) is 2.59. The van der Waals surface area contributed by atoms with Crippen LogP contribution >= 0.6 is 15.9 Å². The van der Waals surface area contributed by atoms with Crippen molar-refractivity contribution in [2.75, 3.05) is 12.8 Å². The van der Waals surface area contributed by atoms with Gasteiger partial charge >= 0.3 is 0 Å². The zero-order chi connectivity index (χ0) is 16.7. The van der Waals surface area contributed by atoms with Gasteiger partial charge in [0.05, 0.1) is 0 Å². The van der Waals surface area contributed by atoms with Crippen LogP contribution < -0.4 is 10.6 Å². The Morgan fingerprint density at radius 2 is 2.09 bits per heavy atom. The molecular weight excluding hydrogens is 374 g/mol. The summed E-state index contributed by atoms with van der Waals surface area (Å²) < 4.78 is 13.1. The van der Waals surface area contributed by atoms with Crippen molar-refractivity contribution in [1.82, 2.24) is 10.6 Å². The Morgan fingerprint density at radius 1 is 1.35 bits per heavy atom. The van der Waals surface area contributed by atoms with E-state index < -0.39 is 10.8 Å². The van der Waals surface area contributed by atoms with Crippen molar-refractivity contribution in [3.63, 3.8) is 0 Å². The minimum atomic E-state index is -0.691. The highest BCUT2D eigenvalue weighted by atomic mass is 79.9. The van der Waals surface area contributed by atoms with Gasteiger partial charge in [0.2, 0.25) is 0 Å². The number of rotatable bonds is 5. The molecule has 0 heterocycles. The summed E-state index contributed by atoms with van der Waals surface area (Å²) in [7, 11) is 1.10. The monoisotopic (exact) mass is 399 g/mol. The molecule has 1 aromatic rings.